The van der Waals surface area contributed by atoms with Gasteiger partial charge in [0, 0.05) is 18.8 Å². The molecule has 0 saturated carbocycles. The molecule has 0 aromatic heterocycles. The number of hydrogen-bond donors (Lipinski definition) is 3. The molecule has 5 nitrogen and oxygen atoms in total. The Morgan fingerprint density at radius 1 is 1.45 bits per heavy atom. The summed E-state index contributed by atoms with van der Waals surface area (Å²) >= 11 is 0. The number of amides is 3. The first-order valence-electron chi connectivity index (χ1n) is 3.03. The van der Waals surface area contributed by atoms with Crippen molar-refractivity contribution in [2.24, 2.45) is 5.73 Å². The van der Waals surface area contributed by atoms with E-state index in [4.69, 9.17) is 5.73 Å². The Balaban J connectivity index is 3.98. The topological polar surface area (TPSA) is 84.2 Å². The highest BCUT2D eigenvalue weighted by Crippen LogP contribution is 1.86. The number of carbonyl (C=O) groups is 2. The quantitative estimate of drug-likeness (QED) is 0.440. The van der Waals surface area contributed by atoms with Gasteiger partial charge in [-0.25, -0.2) is 4.79 Å². The smallest absolute Gasteiger partial charge is 0.321 e. The number of urea groups is 1. The number of nitrogens with two attached hydrogens (primary N) is 1. The summed E-state index contributed by atoms with van der Waals surface area (Å²) in [5.74, 6) is -0.494. The van der Waals surface area contributed by atoms with Crippen LogP contribution in [0.15, 0.2) is 11.8 Å². The van der Waals surface area contributed by atoms with Gasteiger partial charge in [-0.3, -0.25) is 10.1 Å². The van der Waals surface area contributed by atoms with E-state index in [0.717, 1.165) is 6.20 Å². The number of rotatable bonds is 1. The van der Waals surface area contributed by atoms with E-state index in [-0.39, 0.29) is 0 Å². The molecule has 0 aliphatic heterocycles. The van der Waals surface area contributed by atoms with E-state index in [9.17, 15) is 9.59 Å². The van der Waals surface area contributed by atoms with Crippen molar-refractivity contribution in [1.29, 1.82) is 0 Å². The standard InChI is InChI=1S/C6H11N3O2/c1-4(3-7)5(10)9-6(11)8-2/h3H,7H2,1-2H3,(H2,8,9,10,11)/b4-3+. The van der Waals surface area contributed by atoms with Crippen molar-refractivity contribution < 1.29 is 9.59 Å². The van der Waals surface area contributed by atoms with Crippen LogP contribution in [-0.2, 0) is 4.79 Å². The molecule has 0 saturated heterocycles. The normalized spacial score (nSPS) is 10.5. The third-order valence-corrected chi connectivity index (χ3v) is 1.06. The zero-order chi connectivity index (χ0) is 8.85. The summed E-state index contributed by atoms with van der Waals surface area (Å²) in [4.78, 5) is 21.4. The van der Waals surface area contributed by atoms with Gasteiger partial charge in [0.25, 0.3) is 5.91 Å². The lowest BCUT2D eigenvalue weighted by Gasteiger charge is -2.01. The lowest BCUT2D eigenvalue weighted by molar-refractivity contribution is -0.116. The van der Waals surface area contributed by atoms with Crippen LogP contribution in [0.25, 0.3) is 0 Å². The van der Waals surface area contributed by atoms with Crippen molar-refractivity contribution in [2.75, 3.05) is 7.05 Å². The lowest BCUT2D eigenvalue weighted by Crippen LogP contribution is -2.37. The van der Waals surface area contributed by atoms with Gasteiger partial charge in [-0.2, -0.15) is 0 Å². The number of imide groups is 1. The fourth-order valence-electron chi connectivity index (χ4n) is 0.340. The maximum absolute atomic E-state index is 10.8. The van der Waals surface area contributed by atoms with Crippen LogP contribution in [0.3, 0.4) is 0 Å². The first kappa shape index (κ1) is 9.48. The molecule has 0 unspecified atom stereocenters. The SMILES string of the molecule is CNC(=O)NC(=O)/C(C)=C/N. The third kappa shape index (κ3) is 3.24. The first-order chi connectivity index (χ1) is 5.11. The van der Waals surface area contributed by atoms with E-state index in [2.05, 4.69) is 5.32 Å². The summed E-state index contributed by atoms with van der Waals surface area (Å²) < 4.78 is 0. The highest BCUT2D eigenvalue weighted by molar-refractivity contribution is 6.03. The Morgan fingerprint density at radius 2 is 2.00 bits per heavy atom. The van der Waals surface area contributed by atoms with Gasteiger partial charge < -0.3 is 11.1 Å². The first-order valence-corrected chi connectivity index (χ1v) is 3.03. The fraction of sp³-hybridized carbons (Fsp3) is 0.333. The Labute approximate surface area is 64.6 Å². The molecule has 11 heavy (non-hydrogen) atoms. The van der Waals surface area contributed by atoms with Gasteiger partial charge in [-0.05, 0) is 6.92 Å². The molecule has 0 spiro atoms. The fourth-order valence-corrected chi connectivity index (χ4v) is 0.340. The van der Waals surface area contributed by atoms with Crippen LogP contribution in [0.4, 0.5) is 4.79 Å². The molecule has 0 heterocycles. The second kappa shape index (κ2) is 4.32. The summed E-state index contributed by atoms with van der Waals surface area (Å²) in [5.41, 5.74) is 5.34. The Bertz CT molecular complexity index is 198. The van der Waals surface area contributed by atoms with Gasteiger partial charge in [0.15, 0.2) is 0 Å². The van der Waals surface area contributed by atoms with Crippen LogP contribution in [0.2, 0.25) is 0 Å². The Hall–Kier alpha value is -1.52. The molecule has 0 bridgehead atoms. The van der Waals surface area contributed by atoms with Crippen LogP contribution >= 0.6 is 0 Å². The molecule has 5 heteroatoms. The van der Waals surface area contributed by atoms with Gasteiger partial charge in [0.2, 0.25) is 0 Å². The average Bonchev–Trinajstić information content (AvgIpc) is 2.02. The molecule has 62 valence electrons. The van der Waals surface area contributed by atoms with Crippen LogP contribution in [0.1, 0.15) is 6.92 Å². The van der Waals surface area contributed by atoms with Crippen molar-refractivity contribution in [1.82, 2.24) is 10.6 Å². The van der Waals surface area contributed by atoms with Gasteiger partial charge in [-0.15, -0.1) is 0 Å². The van der Waals surface area contributed by atoms with E-state index in [1.54, 1.807) is 0 Å². The predicted molar refractivity (Wildman–Crippen MR) is 40.5 cm³/mol. The molecule has 4 N–H and O–H groups in total. The molecule has 0 aliphatic carbocycles. The Morgan fingerprint density at radius 3 is 2.36 bits per heavy atom. The zero-order valence-electron chi connectivity index (χ0n) is 6.47. The summed E-state index contributed by atoms with van der Waals surface area (Å²) in [7, 11) is 1.42. The van der Waals surface area contributed by atoms with Crippen molar-refractivity contribution in [3.63, 3.8) is 0 Å². The van der Waals surface area contributed by atoms with E-state index >= 15 is 0 Å². The van der Waals surface area contributed by atoms with Crippen LogP contribution in [0, 0.1) is 0 Å². The van der Waals surface area contributed by atoms with Crippen molar-refractivity contribution in [2.45, 2.75) is 6.92 Å². The molecule has 3 amide bonds. The van der Waals surface area contributed by atoms with Crippen LogP contribution < -0.4 is 16.4 Å². The monoisotopic (exact) mass is 157 g/mol. The van der Waals surface area contributed by atoms with Crippen molar-refractivity contribution in [3.8, 4) is 0 Å². The predicted octanol–water partition coefficient (Wildman–Crippen LogP) is -0.695. The third-order valence-electron chi connectivity index (χ3n) is 1.06. The summed E-state index contributed by atoms with van der Waals surface area (Å²) in [6, 6.07) is -0.545. The second-order valence-corrected chi connectivity index (χ2v) is 1.88. The molecule has 0 rings (SSSR count). The second-order valence-electron chi connectivity index (χ2n) is 1.88. The van der Waals surface area contributed by atoms with Gasteiger partial charge in [0.1, 0.15) is 0 Å². The molecule has 0 fully saturated rings. The minimum Gasteiger partial charge on any atom is -0.404 e. The highest BCUT2D eigenvalue weighted by atomic mass is 16.2. The van der Waals surface area contributed by atoms with E-state index < -0.39 is 11.9 Å². The Kier molecular flexibility index (Phi) is 3.72. The lowest BCUT2D eigenvalue weighted by atomic mass is 10.3. The van der Waals surface area contributed by atoms with Gasteiger partial charge >= 0.3 is 6.03 Å². The minimum absolute atomic E-state index is 0.300. The van der Waals surface area contributed by atoms with Crippen molar-refractivity contribution in [3.05, 3.63) is 11.8 Å². The van der Waals surface area contributed by atoms with Gasteiger partial charge in [-0.1, -0.05) is 0 Å². The van der Waals surface area contributed by atoms with Gasteiger partial charge in [0.05, 0.1) is 0 Å². The minimum atomic E-state index is -0.545. The molecule has 0 atom stereocenters. The molecular weight excluding hydrogens is 146 g/mol. The number of carbonyl (C=O) groups excluding carboxylic acids is 2. The molecule has 0 aromatic carbocycles. The summed E-state index contributed by atoms with van der Waals surface area (Å²) in [6.45, 7) is 1.51. The molecule has 0 radical (unpaired) electrons. The number of nitrogens with one attached hydrogen (secondary N) is 2. The van der Waals surface area contributed by atoms with Crippen LogP contribution in [-0.4, -0.2) is 19.0 Å². The highest BCUT2D eigenvalue weighted by Gasteiger charge is 2.05. The van der Waals surface area contributed by atoms with E-state index in [1.165, 1.54) is 14.0 Å². The van der Waals surface area contributed by atoms with E-state index in [1.807, 2.05) is 5.32 Å². The molecular formula is C6H11N3O2. The van der Waals surface area contributed by atoms with Crippen LogP contribution in [0.5, 0.6) is 0 Å². The average molecular weight is 157 g/mol. The zero-order valence-corrected chi connectivity index (χ0v) is 6.47. The largest absolute Gasteiger partial charge is 0.404 e. The summed E-state index contributed by atoms with van der Waals surface area (Å²) in [6.07, 6.45) is 1.14. The maximum Gasteiger partial charge on any atom is 0.321 e. The molecule has 0 aromatic rings. The van der Waals surface area contributed by atoms with E-state index in [0.29, 0.717) is 5.57 Å². The number of hydrogen-bond acceptors (Lipinski definition) is 3. The maximum atomic E-state index is 10.8. The molecule has 0 aliphatic rings. The summed E-state index contributed by atoms with van der Waals surface area (Å²) in [5, 5.41) is 4.28. The van der Waals surface area contributed by atoms with Crippen molar-refractivity contribution >= 4 is 11.9 Å².